The third-order valence-electron chi connectivity index (χ3n) is 2.56. The molecule has 17 heavy (non-hydrogen) atoms. The van der Waals surface area contributed by atoms with Gasteiger partial charge in [0.2, 0.25) is 0 Å². The van der Waals surface area contributed by atoms with Crippen LogP contribution >= 0.6 is 24.0 Å². The van der Waals surface area contributed by atoms with Crippen molar-refractivity contribution in [3.8, 4) is 0 Å². The molecule has 4 heteroatoms. The quantitative estimate of drug-likeness (QED) is 0.372. The summed E-state index contributed by atoms with van der Waals surface area (Å²) in [7, 11) is 0. The van der Waals surface area contributed by atoms with Crippen LogP contribution in [0.15, 0.2) is 29.3 Å². The van der Waals surface area contributed by atoms with Crippen LogP contribution in [0.2, 0.25) is 0 Å². The Morgan fingerprint density at radius 3 is 2.24 bits per heavy atom. The second kappa shape index (κ2) is 8.33. The fraction of sp³-hybridized carbons (Fsp3) is 0.462. The molecule has 0 aliphatic rings. The Balaban J connectivity index is 0.00000256. The van der Waals surface area contributed by atoms with Crippen LogP contribution in [0.4, 0.5) is 0 Å². The summed E-state index contributed by atoms with van der Waals surface area (Å²) in [4.78, 5) is 3.96. The summed E-state index contributed by atoms with van der Waals surface area (Å²) in [5.41, 5.74) is 13.2. The minimum absolute atomic E-state index is 0. The summed E-state index contributed by atoms with van der Waals surface area (Å²) in [6.45, 7) is 5.11. The number of hydrogen-bond donors (Lipinski definition) is 2. The van der Waals surface area contributed by atoms with Crippen LogP contribution < -0.4 is 11.5 Å². The van der Waals surface area contributed by atoms with E-state index in [-0.39, 0.29) is 29.9 Å². The first-order valence-electron chi connectivity index (χ1n) is 5.74. The number of nitrogens with zero attached hydrogens (tertiary/aromatic N) is 1. The average Bonchev–Trinajstić information content (AvgIpc) is 2.25. The number of benzene rings is 1. The molecule has 96 valence electrons. The van der Waals surface area contributed by atoms with Crippen molar-refractivity contribution in [2.45, 2.75) is 32.6 Å². The number of nitrogens with two attached hydrogens (primary N) is 2. The van der Waals surface area contributed by atoms with Gasteiger partial charge in [-0.25, -0.2) is 0 Å². The van der Waals surface area contributed by atoms with Crippen molar-refractivity contribution in [2.75, 3.05) is 6.54 Å². The van der Waals surface area contributed by atoms with Crippen molar-refractivity contribution in [1.82, 2.24) is 0 Å². The van der Waals surface area contributed by atoms with Crippen molar-refractivity contribution < 1.29 is 0 Å². The molecule has 0 aliphatic carbocycles. The van der Waals surface area contributed by atoms with Gasteiger partial charge in [-0.3, -0.25) is 4.99 Å². The summed E-state index contributed by atoms with van der Waals surface area (Å²) in [5, 5.41) is 0. The Morgan fingerprint density at radius 1 is 1.18 bits per heavy atom. The van der Waals surface area contributed by atoms with Crippen molar-refractivity contribution >= 4 is 29.9 Å². The standard InChI is InChI=1S/C13H21N3.HI/c1-10(2)12-7-5-11(6-8-12)4-3-9-16-13(14)15;/h5-8,10H,3-4,9H2,1-2H3,(H4,14,15,16);1H. The highest BCUT2D eigenvalue weighted by Crippen LogP contribution is 2.15. The number of halogens is 1. The van der Waals surface area contributed by atoms with E-state index in [1.807, 2.05) is 0 Å². The number of guanidine groups is 1. The van der Waals surface area contributed by atoms with Gasteiger partial charge in [0.15, 0.2) is 5.96 Å². The van der Waals surface area contributed by atoms with Gasteiger partial charge in [0.1, 0.15) is 0 Å². The maximum absolute atomic E-state index is 5.25. The van der Waals surface area contributed by atoms with Gasteiger partial charge in [-0.05, 0) is 29.9 Å². The van der Waals surface area contributed by atoms with Crippen molar-refractivity contribution in [1.29, 1.82) is 0 Å². The summed E-state index contributed by atoms with van der Waals surface area (Å²) >= 11 is 0. The molecule has 0 spiro atoms. The molecule has 0 atom stereocenters. The fourth-order valence-corrected chi connectivity index (χ4v) is 1.56. The van der Waals surface area contributed by atoms with Gasteiger partial charge in [0, 0.05) is 6.54 Å². The van der Waals surface area contributed by atoms with Crippen molar-refractivity contribution in [3.63, 3.8) is 0 Å². The maximum atomic E-state index is 5.25. The molecule has 1 aromatic carbocycles. The SMILES string of the molecule is CC(C)c1ccc(CCCN=C(N)N)cc1.I. The second-order valence-electron chi connectivity index (χ2n) is 4.31. The van der Waals surface area contributed by atoms with E-state index >= 15 is 0 Å². The Labute approximate surface area is 121 Å². The molecule has 0 unspecified atom stereocenters. The highest BCUT2D eigenvalue weighted by atomic mass is 127. The second-order valence-corrected chi connectivity index (χ2v) is 4.31. The van der Waals surface area contributed by atoms with Gasteiger partial charge >= 0.3 is 0 Å². The van der Waals surface area contributed by atoms with E-state index in [1.54, 1.807) is 0 Å². The van der Waals surface area contributed by atoms with Crippen LogP contribution in [0.25, 0.3) is 0 Å². The van der Waals surface area contributed by atoms with Crippen LogP contribution in [-0.4, -0.2) is 12.5 Å². The molecule has 0 aromatic heterocycles. The van der Waals surface area contributed by atoms with E-state index < -0.39 is 0 Å². The highest BCUT2D eigenvalue weighted by molar-refractivity contribution is 14.0. The minimum Gasteiger partial charge on any atom is -0.370 e. The van der Waals surface area contributed by atoms with E-state index in [9.17, 15) is 0 Å². The molecular formula is C13H22IN3. The molecule has 0 amide bonds. The maximum Gasteiger partial charge on any atom is 0.185 e. The molecule has 0 aliphatic heterocycles. The zero-order valence-electron chi connectivity index (χ0n) is 10.5. The molecule has 1 aromatic rings. The molecular weight excluding hydrogens is 325 g/mol. The van der Waals surface area contributed by atoms with Gasteiger partial charge < -0.3 is 11.5 Å². The minimum atomic E-state index is 0. The Bertz CT molecular complexity index is 340. The Hall–Kier alpha value is -0.780. The third kappa shape index (κ3) is 6.51. The first-order valence-corrected chi connectivity index (χ1v) is 5.74. The molecule has 0 radical (unpaired) electrons. The van der Waals surface area contributed by atoms with Crippen molar-refractivity contribution in [3.05, 3.63) is 35.4 Å². The van der Waals surface area contributed by atoms with E-state index in [0.717, 1.165) is 12.8 Å². The van der Waals surface area contributed by atoms with Gasteiger partial charge in [0.25, 0.3) is 0 Å². The first kappa shape index (κ1) is 16.2. The average molecular weight is 347 g/mol. The molecule has 3 nitrogen and oxygen atoms in total. The summed E-state index contributed by atoms with van der Waals surface area (Å²) in [6, 6.07) is 8.76. The lowest BCUT2D eigenvalue weighted by atomic mass is 10.0. The van der Waals surface area contributed by atoms with Gasteiger partial charge in [-0.2, -0.15) is 0 Å². The van der Waals surface area contributed by atoms with Crippen LogP contribution in [0.5, 0.6) is 0 Å². The molecule has 4 N–H and O–H groups in total. The molecule has 0 fully saturated rings. The highest BCUT2D eigenvalue weighted by Gasteiger charge is 1.98. The van der Waals surface area contributed by atoms with Crippen LogP contribution in [-0.2, 0) is 6.42 Å². The van der Waals surface area contributed by atoms with Gasteiger partial charge in [-0.1, -0.05) is 38.1 Å². The van der Waals surface area contributed by atoms with E-state index in [4.69, 9.17) is 11.5 Å². The summed E-state index contributed by atoms with van der Waals surface area (Å²) < 4.78 is 0. The number of rotatable bonds is 5. The van der Waals surface area contributed by atoms with E-state index in [0.29, 0.717) is 12.5 Å². The molecule has 1 rings (SSSR count). The monoisotopic (exact) mass is 347 g/mol. The van der Waals surface area contributed by atoms with Gasteiger partial charge in [0.05, 0.1) is 0 Å². The topological polar surface area (TPSA) is 64.4 Å². The summed E-state index contributed by atoms with van der Waals surface area (Å²) in [5.74, 6) is 0.769. The zero-order valence-corrected chi connectivity index (χ0v) is 12.8. The Kier molecular flexibility index (Phi) is 7.95. The predicted octanol–water partition coefficient (Wildman–Crippen LogP) is 2.63. The number of aliphatic imine (C=N–C) groups is 1. The normalized spacial score (nSPS) is 9.82. The summed E-state index contributed by atoms with van der Waals surface area (Å²) in [6.07, 6.45) is 2.01. The zero-order chi connectivity index (χ0) is 12.0. The molecule has 0 saturated carbocycles. The van der Waals surface area contributed by atoms with E-state index in [2.05, 4.69) is 43.1 Å². The van der Waals surface area contributed by atoms with Crippen LogP contribution in [0.1, 0.15) is 37.3 Å². The fourth-order valence-electron chi connectivity index (χ4n) is 1.56. The molecule has 0 heterocycles. The smallest absolute Gasteiger partial charge is 0.185 e. The van der Waals surface area contributed by atoms with Gasteiger partial charge in [-0.15, -0.1) is 24.0 Å². The molecule has 0 saturated heterocycles. The lowest BCUT2D eigenvalue weighted by molar-refractivity contribution is 0.826. The van der Waals surface area contributed by atoms with Crippen LogP contribution in [0, 0.1) is 0 Å². The molecule has 0 bridgehead atoms. The number of hydrogen-bond acceptors (Lipinski definition) is 1. The number of aryl methyl sites for hydroxylation is 1. The largest absolute Gasteiger partial charge is 0.370 e. The first-order chi connectivity index (χ1) is 7.59. The van der Waals surface area contributed by atoms with Crippen LogP contribution in [0.3, 0.4) is 0 Å². The van der Waals surface area contributed by atoms with E-state index in [1.165, 1.54) is 11.1 Å². The Morgan fingerprint density at radius 2 is 1.76 bits per heavy atom. The lowest BCUT2D eigenvalue weighted by Gasteiger charge is -2.06. The lowest BCUT2D eigenvalue weighted by Crippen LogP contribution is -2.23. The third-order valence-corrected chi connectivity index (χ3v) is 2.56. The van der Waals surface area contributed by atoms with Crippen molar-refractivity contribution in [2.24, 2.45) is 16.5 Å². The predicted molar refractivity (Wildman–Crippen MR) is 84.9 cm³/mol.